The molecule has 0 saturated heterocycles. The molecule has 0 aromatic heterocycles. The molecule has 0 aliphatic carbocycles. The van der Waals surface area contributed by atoms with Gasteiger partial charge in [0.15, 0.2) is 0 Å². The fourth-order valence-electron chi connectivity index (χ4n) is 1.41. The van der Waals surface area contributed by atoms with Crippen LogP contribution in [0.3, 0.4) is 0 Å². The van der Waals surface area contributed by atoms with Gasteiger partial charge in [-0.05, 0) is 39.2 Å². The fourth-order valence-corrected chi connectivity index (χ4v) is 1.41. The van der Waals surface area contributed by atoms with E-state index in [1.54, 1.807) is 0 Å². The zero-order chi connectivity index (χ0) is 12.0. The van der Waals surface area contributed by atoms with Gasteiger partial charge in [-0.2, -0.15) is 10.2 Å². The molecular formula is C14H22N2. The van der Waals surface area contributed by atoms with Crippen molar-refractivity contribution in [2.45, 2.75) is 52.1 Å². The van der Waals surface area contributed by atoms with Gasteiger partial charge < -0.3 is 0 Å². The Bertz CT molecular complexity index is 322. The van der Waals surface area contributed by atoms with E-state index in [0.29, 0.717) is 6.04 Å². The minimum Gasteiger partial charge on any atom is -0.190 e. The highest BCUT2D eigenvalue weighted by atomic mass is 15.2. The first-order chi connectivity index (χ1) is 7.51. The van der Waals surface area contributed by atoms with Gasteiger partial charge in [-0.3, -0.25) is 0 Å². The average molecular weight is 218 g/mol. The van der Waals surface area contributed by atoms with Crippen LogP contribution in [0.4, 0.5) is 0 Å². The molecule has 0 radical (unpaired) electrons. The summed E-state index contributed by atoms with van der Waals surface area (Å²) in [6, 6.07) is 10.8. The van der Waals surface area contributed by atoms with Crippen molar-refractivity contribution in [3.8, 4) is 0 Å². The maximum absolute atomic E-state index is 4.43. The molecule has 0 N–H and O–H groups in total. The van der Waals surface area contributed by atoms with Crippen molar-refractivity contribution in [3.05, 3.63) is 35.9 Å². The fraction of sp³-hybridized carbons (Fsp3) is 0.571. The Kier molecular flexibility index (Phi) is 4.66. The third-order valence-corrected chi connectivity index (χ3v) is 2.31. The zero-order valence-corrected chi connectivity index (χ0v) is 10.8. The lowest BCUT2D eigenvalue weighted by molar-refractivity contribution is 0.499. The molecule has 0 saturated carbocycles. The second-order valence-corrected chi connectivity index (χ2v) is 5.14. The lowest BCUT2D eigenvalue weighted by atomic mass is 10.0. The summed E-state index contributed by atoms with van der Waals surface area (Å²) in [6.07, 6.45) is 2.02. The largest absolute Gasteiger partial charge is 0.190 e. The molecule has 2 nitrogen and oxygen atoms in total. The Morgan fingerprint density at radius 3 is 2.25 bits per heavy atom. The smallest absolute Gasteiger partial charge is 0.0746 e. The molecule has 1 aromatic rings. The normalized spacial score (nSPS) is 14.2. The molecule has 1 atom stereocenters. The maximum Gasteiger partial charge on any atom is 0.0746 e. The van der Waals surface area contributed by atoms with Crippen molar-refractivity contribution in [2.24, 2.45) is 10.2 Å². The summed E-state index contributed by atoms with van der Waals surface area (Å²) in [5, 5.41) is 8.78. The van der Waals surface area contributed by atoms with E-state index in [4.69, 9.17) is 0 Å². The van der Waals surface area contributed by atoms with Gasteiger partial charge in [0.1, 0.15) is 0 Å². The summed E-state index contributed by atoms with van der Waals surface area (Å²) in [5.41, 5.74) is 1.27. The molecule has 1 rings (SSSR count). The van der Waals surface area contributed by atoms with E-state index in [0.717, 1.165) is 12.8 Å². The number of hydrogen-bond acceptors (Lipinski definition) is 2. The van der Waals surface area contributed by atoms with Crippen molar-refractivity contribution >= 4 is 0 Å². The van der Waals surface area contributed by atoms with Crippen LogP contribution in [0, 0.1) is 0 Å². The van der Waals surface area contributed by atoms with Gasteiger partial charge in [0.05, 0.1) is 11.6 Å². The number of hydrogen-bond donors (Lipinski definition) is 0. The molecule has 0 heterocycles. The first kappa shape index (κ1) is 12.9. The molecule has 0 fully saturated rings. The van der Waals surface area contributed by atoms with E-state index >= 15 is 0 Å². The van der Waals surface area contributed by atoms with Gasteiger partial charge in [-0.1, -0.05) is 37.3 Å². The van der Waals surface area contributed by atoms with E-state index < -0.39 is 0 Å². The molecule has 0 bridgehead atoms. The van der Waals surface area contributed by atoms with Crippen molar-refractivity contribution in [3.63, 3.8) is 0 Å². The van der Waals surface area contributed by atoms with Gasteiger partial charge in [0, 0.05) is 0 Å². The highest BCUT2D eigenvalue weighted by Crippen LogP contribution is 2.13. The molecule has 16 heavy (non-hydrogen) atoms. The predicted octanol–water partition coefficient (Wildman–Crippen LogP) is 4.26. The van der Waals surface area contributed by atoms with Crippen LogP contribution in [-0.2, 0) is 6.42 Å². The minimum atomic E-state index is -0.0654. The summed E-state index contributed by atoms with van der Waals surface area (Å²) in [7, 11) is 0. The standard InChI is InChI=1S/C14H22N2/c1-5-13(15-16-14(2,3)4)11-12-9-7-6-8-10-12/h6-10,13H,5,11H2,1-4H3. The highest BCUT2D eigenvalue weighted by molar-refractivity contribution is 5.15. The van der Waals surface area contributed by atoms with E-state index in [1.807, 2.05) is 6.07 Å². The van der Waals surface area contributed by atoms with Crippen LogP contribution in [0.5, 0.6) is 0 Å². The SMILES string of the molecule is CCC(Cc1ccccc1)N=NC(C)(C)C. The van der Waals surface area contributed by atoms with Gasteiger partial charge in [-0.15, -0.1) is 0 Å². The lowest BCUT2D eigenvalue weighted by Gasteiger charge is -2.13. The van der Waals surface area contributed by atoms with Crippen LogP contribution in [0.15, 0.2) is 40.6 Å². The molecule has 0 amide bonds. The summed E-state index contributed by atoms with van der Waals surface area (Å²) in [4.78, 5) is 0. The van der Waals surface area contributed by atoms with E-state index in [1.165, 1.54) is 5.56 Å². The second-order valence-electron chi connectivity index (χ2n) is 5.14. The highest BCUT2D eigenvalue weighted by Gasteiger charge is 2.10. The van der Waals surface area contributed by atoms with Crippen molar-refractivity contribution < 1.29 is 0 Å². The van der Waals surface area contributed by atoms with Crippen LogP contribution < -0.4 is 0 Å². The first-order valence-electron chi connectivity index (χ1n) is 5.97. The van der Waals surface area contributed by atoms with Crippen molar-refractivity contribution in [1.29, 1.82) is 0 Å². The molecule has 0 aliphatic rings. The number of benzene rings is 1. The number of nitrogens with zero attached hydrogens (tertiary/aromatic N) is 2. The van der Waals surface area contributed by atoms with Crippen LogP contribution in [-0.4, -0.2) is 11.6 Å². The molecule has 1 aromatic carbocycles. The summed E-state index contributed by atoms with van der Waals surface area (Å²) in [5.74, 6) is 0. The van der Waals surface area contributed by atoms with Crippen LogP contribution >= 0.6 is 0 Å². The average Bonchev–Trinajstić information content (AvgIpc) is 2.24. The van der Waals surface area contributed by atoms with Crippen LogP contribution in [0.2, 0.25) is 0 Å². The first-order valence-corrected chi connectivity index (χ1v) is 5.97. The molecule has 88 valence electrons. The van der Waals surface area contributed by atoms with Gasteiger partial charge >= 0.3 is 0 Å². The van der Waals surface area contributed by atoms with Crippen LogP contribution in [0.1, 0.15) is 39.7 Å². The van der Waals surface area contributed by atoms with Crippen molar-refractivity contribution in [2.75, 3.05) is 0 Å². The second kappa shape index (κ2) is 5.78. The number of azo groups is 1. The lowest BCUT2D eigenvalue weighted by Crippen LogP contribution is -2.12. The Balaban J connectivity index is 2.60. The zero-order valence-electron chi connectivity index (χ0n) is 10.8. The monoisotopic (exact) mass is 218 g/mol. The van der Waals surface area contributed by atoms with Gasteiger partial charge in [0.25, 0.3) is 0 Å². The molecule has 0 spiro atoms. The van der Waals surface area contributed by atoms with E-state index in [2.05, 4.69) is 62.2 Å². The van der Waals surface area contributed by atoms with Crippen LogP contribution in [0.25, 0.3) is 0 Å². The summed E-state index contributed by atoms with van der Waals surface area (Å²) < 4.78 is 0. The van der Waals surface area contributed by atoms with E-state index in [9.17, 15) is 0 Å². The van der Waals surface area contributed by atoms with Crippen molar-refractivity contribution in [1.82, 2.24) is 0 Å². The Morgan fingerprint density at radius 1 is 1.12 bits per heavy atom. The molecule has 2 heteroatoms. The maximum atomic E-state index is 4.43. The predicted molar refractivity (Wildman–Crippen MR) is 68.8 cm³/mol. The Labute approximate surface area is 98.8 Å². The Morgan fingerprint density at radius 2 is 1.75 bits per heavy atom. The minimum absolute atomic E-state index is 0.0654. The number of rotatable bonds is 4. The quantitative estimate of drug-likeness (QED) is 0.675. The summed E-state index contributed by atoms with van der Waals surface area (Å²) in [6.45, 7) is 8.39. The topological polar surface area (TPSA) is 24.7 Å². The third-order valence-electron chi connectivity index (χ3n) is 2.31. The molecule has 1 unspecified atom stereocenters. The third kappa shape index (κ3) is 5.06. The molecular weight excluding hydrogens is 196 g/mol. The Hall–Kier alpha value is -1.18. The van der Waals surface area contributed by atoms with Gasteiger partial charge in [0.2, 0.25) is 0 Å². The van der Waals surface area contributed by atoms with Gasteiger partial charge in [-0.25, -0.2) is 0 Å². The molecule has 0 aliphatic heterocycles. The van der Waals surface area contributed by atoms with E-state index in [-0.39, 0.29) is 5.54 Å². The summed E-state index contributed by atoms with van der Waals surface area (Å²) >= 11 is 0.